The minimum atomic E-state index is -3.53. The van der Waals surface area contributed by atoms with Crippen molar-refractivity contribution in [2.45, 2.75) is 48.3 Å². The number of hydrogen-bond donors (Lipinski definition) is 1. The molecule has 1 aromatic carbocycles. The second-order valence-electron chi connectivity index (χ2n) is 8.66. The van der Waals surface area contributed by atoms with Crippen molar-refractivity contribution in [3.8, 4) is 5.75 Å². The molecule has 3 aromatic rings. The van der Waals surface area contributed by atoms with Gasteiger partial charge in [0, 0.05) is 24.7 Å². The van der Waals surface area contributed by atoms with Gasteiger partial charge in [0.15, 0.2) is 20.1 Å². The number of nitrogens with zero attached hydrogens (tertiary/aromatic N) is 3. The molecule has 1 atom stereocenters. The van der Waals surface area contributed by atoms with Crippen LogP contribution in [0.25, 0.3) is 10.9 Å². The van der Waals surface area contributed by atoms with Gasteiger partial charge >= 0.3 is 0 Å². The summed E-state index contributed by atoms with van der Waals surface area (Å²) < 4.78 is 52.1. The Morgan fingerprint density at radius 2 is 2.06 bits per heavy atom. The standard InChI is InChI=1S/C22H25FN4O5S2/c1-31-14-9-17-16(19(10-14)34(29,30)15-2-3-15)11-25-27(17)18(8-13-4-6-32-7-5-13)21(28)26-22-24-12-20(23)33-22/h9-13,15,18H,2-8H2,1H3,(H,24,26,28)/t18-/m0/s1. The lowest BCUT2D eigenvalue weighted by atomic mass is 9.92. The van der Waals surface area contributed by atoms with Crippen molar-refractivity contribution >= 4 is 43.1 Å². The van der Waals surface area contributed by atoms with Crippen molar-refractivity contribution in [2.24, 2.45) is 5.92 Å². The zero-order valence-corrected chi connectivity index (χ0v) is 20.2. The Balaban J connectivity index is 1.57. The molecule has 34 heavy (non-hydrogen) atoms. The predicted molar refractivity (Wildman–Crippen MR) is 124 cm³/mol. The van der Waals surface area contributed by atoms with Crippen LogP contribution in [0.2, 0.25) is 0 Å². The van der Waals surface area contributed by atoms with E-state index in [9.17, 15) is 17.6 Å². The summed E-state index contributed by atoms with van der Waals surface area (Å²) in [5, 5.41) is 6.88. The van der Waals surface area contributed by atoms with E-state index >= 15 is 0 Å². The topological polar surface area (TPSA) is 112 Å². The molecule has 0 bridgehead atoms. The first-order chi connectivity index (χ1) is 16.4. The number of nitrogens with one attached hydrogen (secondary N) is 1. The first-order valence-electron chi connectivity index (χ1n) is 11.2. The largest absolute Gasteiger partial charge is 0.497 e. The van der Waals surface area contributed by atoms with Crippen LogP contribution in [0.3, 0.4) is 0 Å². The number of hydrogen-bond acceptors (Lipinski definition) is 8. The number of anilines is 1. The van der Waals surface area contributed by atoms with Crippen LogP contribution in [-0.4, -0.2) is 54.7 Å². The lowest BCUT2D eigenvalue weighted by Crippen LogP contribution is -2.30. The smallest absolute Gasteiger partial charge is 0.251 e. The van der Waals surface area contributed by atoms with Gasteiger partial charge in [0.1, 0.15) is 11.8 Å². The molecule has 9 nitrogen and oxygen atoms in total. The first kappa shape index (κ1) is 23.2. The fourth-order valence-corrected chi connectivity index (χ4v) is 6.77. The molecule has 0 unspecified atom stereocenters. The van der Waals surface area contributed by atoms with Gasteiger partial charge in [-0.3, -0.25) is 9.48 Å². The maximum Gasteiger partial charge on any atom is 0.251 e. The van der Waals surface area contributed by atoms with Crippen LogP contribution in [0.5, 0.6) is 5.75 Å². The molecule has 2 aliphatic rings. The molecule has 0 radical (unpaired) electrons. The highest BCUT2D eigenvalue weighted by Crippen LogP contribution is 2.39. The number of carbonyl (C=O) groups is 1. The molecule has 2 aromatic heterocycles. The van der Waals surface area contributed by atoms with E-state index in [1.165, 1.54) is 19.4 Å². The highest BCUT2D eigenvalue weighted by atomic mass is 32.2. The van der Waals surface area contributed by atoms with E-state index in [1.54, 1.807) is 10.7 Å². The van der Waals surface area contributed by atoms with Gasteiger partial charge in [-0.2, -0.15) is 9.49 Å². The third-order valence-corrected chi connectivity index (χ3v) is 9.36. The van der Waals surface area contributed by atoms with Crippen LogP contribution in [0.1, 0.15) is 38.1 Å². The minimum absolute atomic E-state index is 0.158. The average molecular weight is 509 g/mol. The first-order valence-corrected chi connectivity index (χ1v) is 13.5. The zero-order chi connectivity index (χ0) is 23.9. The van der Waals surface area contributed by atoms with Crippen LogP contribution in [0.15, 0.2) is 29.4 Å². The van der Waals surface area contributed by atoms with E-state index in [1.807, 2.05) is 0 Å². The maximum atomic E-state index is 13.4. The number of halogens is 1. The summed E-state index contributed by atoms with van der Waals surface area (Å²) in [5.74, 6) is 0.206. The van der Waals surface area contributed by atoms with Crippen molar-refractivity contribution in [2.75, 3.05) is 25.6 Å². The third-order valence-electron chi connectivity index (χ3n) is 6.36. The van der Waals surface area contributed by atoms with E-state index in [0.717, 1.165) is 30.4 Å². The summed E-state index contributed by atoms with van der Waals surface area (Å²) in [7, 11) is -2.06. The maximum absolute atomic E-state index is 13.4. The monoisotopic (exact) mass is 508 g/mol. The molecular weight excluding hydrogens is 483 g/mol. The second-order valence-corrected chi connectivity index (χ2v) is 11.8. The Kier molecular flexibility index (Phi) is 6.30. The molecule has 1 amide bonds. The lowest BCUT2D eigenvalue weighted by molar-refractivity contribution is -0.120. The van der Waals surface area contributed by atoms with Gasteiger partial charge in [0.05, 0.1) is 35.2 Å². The number of fused-ring (bicyclic) bond motifs is 1. The van der Waals surface area contributed by atoms with E-state index in [2.05, 4.69) is 15.4 Å². The SMILES string of the molecule is COc1cc(S(=O)(=O)C2CC2)c2cnn([C@@H](CC3CCOCC3)C(=O)Nc3ncc(F)s3)c2c1. The number of aromatic nitrogens is 3. The number of rotatable bonds is 8. The van der Waals surface area contributed by atoms with Gasteiger partial charge in [-0.05, 0) is 44.1 Å². The Hall–Kier alpha value is -2.57. The summed E-state index contributed by atoms with van der Waals surface area (Å²) in [6, 6.07) is 2.46. The number of methoxy groups -OCH3 is 1. The quantitative estimate of drug-likeness (QED) is 0.495. The Morgan fingerprint density at radius 3 is 2.71 bits per heavy atom. The summed E-state index contributed by atoms with van der Waals surface area (Å²) >= 11 is 0.744. The normalized spacial score (nSPS) is 18.2. The Morgan fingerprint density at radius 1 is 1.29 bits per heavy atom. The molecule has 0 spiro atoms. The predicted octanol–water partition coefficient (Wildman–Crippen LogP) is 3.57. The van der Waals surface area contributed by atoms with Crippen molar-refractivity contribution in [1.82, 2.24) is 14.8 Å². The van der Waals surface area contributed by atoms with E-state index in [0.29, 0.717) is 49.1 Å². The molecule has 12 heteroatoms. The van der Waals surface area contributed by atoms with Crippen LogP contribution < -0.4 is 10.1 Å². The molecular formula is C22H25FN4O5S2. The summed E-state index contributed by atoms with van der Waals surface area (Å²) in [4.78, 5) is 17.4. The fourth-order valence-electron chi connectivity index (χ4n) is 4.37. The molecule has 3 heterocycles. The van der Waals surface area contributed by atoms with Crippen molar-refractivity contribution in [1.29, 1.82) is 0 Å². The Bertz CT molecular complexity index is 1310. The number of amides is 1. The number of sulfone groups is 1. The molecule has 182 valence electrons. The zero-order valence-electron chi connectivity index (χ0n) is 18.6. The van der Waals surface area contributed by atoms with Crippen molar-refractivity contribution in [3.63, 3.8) is 0 Å². The molecule has 1 aliphatic carbocycles. The molecule has 5 rings (SSSR count). The highest BCUT2D eigenvalue weighted by molar-refractivity contribution is 7.92. The summed E-state index contributed by atoms with van der Waals surface area (Å²) in [6.45, 7) is 1.24. The van der Waals surface area contributed by atoms with E-state index in [-0.39, 0.29) is 21.9 Å². The van der Waals surface area contributed by atoms with Gasteiger partial charge in [0.25, 0.3) is 5.91 Å². The van der Waals surface area contributed by atoms with Gasteiger partial charge < -0.3 is 14.8 Å². The minimum Gasteiger partial charge on any atom is -0.497 e. The second kappa shape index (κ2) is 9.23. The summed E-state index contributed by atoms with van der Waals surface area (Å²) in [5.41, 5.74) is 0.496. The Labute approximate surface area is 200 Å². The fraction of sp³-hybridized carbons (Fsp3) is 0.500. The molecule has 2 fully saturated rings. The van der Waals surface area contributed by atoms with Gasteiger partial charge in [0.2, 0.25) is 0 Å². The average Bonchev–Trinajstić information content (AvgIpc) is 3.51. The molecule has 1 aliphatic heterocycles. The van der Waals surface area contributed by atoms with Gasteiger partial charge in [-0.15, -0.1) is 0 Å². The van der Waals surface area contributed by atoms with Crippen LogP contribution in [0, 0.1) is 11.0 Å². The molecule has 1 saturated carbocycles. The van der Waals surface area contributed by atoms with Gasteiger partial charge in [-0.1, -0.05) is 11.3 Å². The number of carbonyl (C=O) groups excluding carboxylic acids is 1. The van der Waals surface area contributed by atoms with Crippen molar-refractivity contribution in [3.05, 3.63) is 29.7 Å². The number of ether oxygens (including phenoxy) is 2. The highest BCUT2D eigenvalue weighted by Gasteiger charge is 2.39. The van der Waals surface area contributed by atoms with Crippen molar-refractivity contribution < 1.29 is 27.1 Å². The number of benzene rings is 1. The third kappa shape index (κ3) is 4.53. The number of thiazole rings is 1. The summed E-state index contributed by atoms with van der Waals surface area (Å²) in [6.07, 6.45) is 5.90. The molecule has 1 saturated heterocycles. The van der Waals surface area contributed by atoms with Crippen LogP contribution in [0.4, 0.5) is 9.52 Å². The lowest BCUT2D eigenvalue weighted by Gasteiger charge is -2.26. The van der Waals surface area contributed by atoms with Gasteiger partial charge in [-0.25, -0.2) is 13.4 Å². The van der Waals surface area contributed by atoms with Crippen LogP contribution >= 0.6 is 11.3 Å². The van der Waals surface area contributed by atoms with E-state index < -0.39 is 26.3 Å². The molecule has 1 N–H and O–H groups in total. The van der Waals surface area contributed by atoms with E-state index in [4.69, 9.17) is 9.47 Å². The van der Waals surface area contributed by atoms with Crippen LogP contribution in [-0.2, 0) is 19.4 Å².